The summed E-state index contributed by atoms with van der Waals surface area (Å²) < 4.78 is 68.9. The van der Waals surface area contributed by atoms with Gasteiger partial charge in [0.05, 0.1) is 28.2 Å². The van der Waals surface area contributed by atoms with Gasteiger partial charge in [0.1, 0.15) is 11.5 Å². The molecule has 0 atom stereocenters. The maximum absolute atomic E-state index is 13.9. The number of carboxylic acids is 1. The predicted molar refractivity (Wildman–Crippen MR) is 134 cm³/mol. The summed E-state index contributed by atoms with van der Waals surface area (Å²) in [5.74, 6) is -1.07. The van der Waals surface area contributed by atoms with Crippen molar-refractivity contribution in [2.45, 2.75) is 56.6 Å². The number of hydrogen-bond donors (Lipinski definition) is 2. The molecule has 1 aliphatic heterocycles. The number of pyridine rings is 1. The highest BCUT2D eigenvalue weighted by Crippen LogP contribution is 2.42. The molecule has 0 spiro atoms. The monoisotopic (exact) mass is 533 g/mol. The Morgan fingerprint density at radius 1 is 1.05 bits per heavy atom. The first-order valence-electron chi connectivity index (χ1n) is 11.5. The molecule has 11 heteroatoms. The van der Waals surface area contributed by atoms with Crippen molar-refractivity contribution in [3.8, 4) is 0 Å². The maximum atomic E-state index is 13.9. The van der Waals surface area contributed by atoms with Crippen molar-refractivity contribution in [2.75, 3.05) is 9.62 Å². The van der Waals surface area contributed by atoms with E-state index < -0.39 is 33.3 Å². The van der Waals surface area contributed by atoms with E-state index in [0.29, 0.717) is 5.56 Å². The summed E-state index contributed by atoms with van der Waals surface area (Å²) in [5, 5.41) is 12.5. The number of carbonyl (C=O) groups is 1. The van der Waals surface area contributed by atoms with E-state index in [9.17, 15) is 31.5 Å². The van der Waals surface area contributed by atoms with Gasteiger partial charge in [-0.25, -0.2) is 13.4 Å². The number of alkyl halides is 3. The van der Waals surface area contributed by atoms with Crippen molar-refractivity contribution in [1.29, 1.82) is 0 Å². The number of halogens is 3. The third-order valence-corrected chi connectivity index (χ3v) is 8.27. The van der Waals surface area contributed by atoms with E-state index in [0.717, 1.165) is 15.9 Å². The van der Waals surface area contributed by atoms with Gasteiger partial charge in [0.15, 0.2) is 0 Å². The van der Waals surface area contributed by atoms with Crippen LogP contribution in [0.3, 0.4) is 0 Å². The highest BCUT2D eigenvalue weighted by Gasteiger charge is 2.37. The topological polar surface area (TPSA) is 99.6 Å². The summed E-state index contributed by atoms with van der Waals surface area (Å²) >= 11 is 0. The molecule has 2 aromatic carbocycles. The number of benzene rings is 2. The van der Waals surface area contributed by atoms with Crippen LogP contribution in [0.2, 0.25) is 0 Å². The minimum Gasteiger partial charge on any atom is -0.481 e. The average molecular weight is 534 g/mol. The number of hydrogen-bond acceptors (Lipinski definition) is 5. The second-order valence-corrected chi connectivity index (χ2v) is 11.6. The van der Waals surface area contributed by atoms with Gasteiger partial charge in [0.2, 0.25) is 0 Å². The van der Waals surface area contributed by atoms with Gasteiger partial charge in [-0.15, -0.1) is 0 Å². The van der Waals surface area contributed by atoms with E-state index in [1.165, 1.54) is 50.2 Å². The van der Waals surface area contributed by atoms with Crippen LogP contribution in [-0.2, 0) is 33.0 Å². The Bertz CT molecular complexity index is 1470. The molecule has 4 rings (SSSR count). The number of fused-ring (bicyclic) bond motifs is 2. The van der Waals surface area contributed by atoms with Crippen LogP contribution >= 0.6 is 0 Å². The van der Waals surface area contributed by atoms with Gasteiger partial charge in [-0.3, -0.25) is 9.10 Å². The van der Waals surface area contributed by atoms with Gasteiger partial charge >= 0.3 is 12.1 Å². The zero-order valence-electron chi connectivity index (χ0n) is 20.6. The van der Waals surface area contributed by atoms with Gasteiger partial charge in [-0.05, 0) is 61.2 Å². The number of anilines is 3. The largest absolute Gasteiger partial charge is 0.481 e. The number of nitrogens with one attached hydrogen (secondary N) is 1. The fourth-order valence-electron chi connectivity index (χ4n) is 3.97. The van der Waals surface area contributed by atoms with Crippen molar-refractivity contribution >= 4 is 33.2 Å². The minimum absolute atomic E-state index is 0.00549. The van der Waals surface area contributed by atoms with Crippen molar-refractivity contribution in [3.05, 3.63) is 77.0 Å². The zero-order valence-corrected chi connectivity index (χ0v) is 21.4. The van der Waals surface area contributed by atoms with Crippen molar-refractivity contribution in [3.63, 3.8) is 0 Å². The molecule has 0 unspecified atom stereocenters. The number of sulfonamides is 1. The average Bonchev–Trinajstić information content (AvgIpc) is 2.99. The fraction of sp³-hybridized carbons (Fsp3) is 0.308. The minimum atomic E-state index is -4.69. The first-order chi connectivity index (χ1) is 17.1. The first kappa shape index (κ1) is 26.5. The molecule has 1 aliphatic rings. The number of aromatic nitrogens is 1. The molecule has 2 N–H and O–H groups in total. The molecule has 0 radical (unpaired) electrons. The Morgan fingerprint density at radius 2 is 1.70 bits per heavy atom. The molecule has 0 fully saturated rings. The summed E-state index contributed by atoms with van der Waals surface area (Å²) in [4.78, 5) is 15.6. The van der Waals surface area contributed by atoms with Gasteiger partial charge in [-0.2, -0.15) is 13.2 Å². The SMILES string of the molecule is CC(C)c1ccc(S(=O)(=O)N2Cc3ccc(C(F)(F)F)nc3Nc3ccc(C(C)(C)C(=O)O)cc32)cc1. The van der Waals surface area contributed by atoms with Crippen molar-refractivity contribution in [2.24, 2.45) is 0 Å². The van der Waals surface area contributed by atoms with Crippen LogP contribution in [0.5, 0.6) is 0 Å². The molecule has 0 amide bonds. The zero-order chi connectivity index (χ0) is 27.3. The van der Waals surface area contributed by atoms with E-state index in [4.69, 9.17) is 0 Å². The Morgan fingerprint density at radius 3 is 2.27 bits per heavy atom. The van der Waals surface area contributed by atoms with Crippen LogP contribution in [0.15, 0.2) is 59.5 Å². The van der Waals surface area contributed by atoms with Crippen LogP contribution < -0.4 is 9.62 Å². The van der Waals surface area contributed by atoms with Crippen LogP contribution in [0.1, 0.15) is 56.0 Å². The lowest BCUT2D eigenvalue weighted by molar-refractivity contribution is -0.142. The van der Waals surface area contributed by atoms with Gasteiger partial charge in [-0.1, -0.05) is 38.1 Å². The van der Waals surface area contributed by atoms with E-state index in [2.05, 4.69) is 10.3 Å². The van der Waals surface area contributed by atoms with Crippen molar-refractivity contribution < 1.29 is 31.5 Å². The molecular weight excluding hydrogens is 507 g/mol. The second kappa shape index (κ2) is 9.05. The van der Waals surface area contributed by atoms with E-state index in [-0.39, 0.29) is 40.1 Å². The number of nitrogens with zero attached hydrogens (tertiary/aromatic N) is 2. The Hall–Kier alpha value is -3.60. The summed E-state index contributed by atoms with van der Waals surface area (Å²) in [5.41, 5.74) is -0.703. The molecular formula is C26H26F3N3O4S. The molecule has 0 saturated carbocycles. The summed E-state index contributed by atoms with van der Waals surface area (Å²) in [6.07, 6.45) is -4.69. The molecule has 0 bridgehead atoms. The van der Waals surface area contributed by atoms with E-state index >= 15 is 0 Å². The highest BCUT2D eigenvalue weighted by molar-refractivity contribution is 7.92. The lowest BCUT2D eigenvalue weighted by atomic mass is 9.84. The third-order valence-electron chi connectivity index (χ3n) is 6.49. The highest BCUT2D eigenvalue weighted by atomic mass is 32.2. The van der Waals surface area contributed by atoms with Crippen molar-refractivity contribution in [1.82, 2.24) is 4.98 Å². The molecule has 1 aromatic heterocycles. The molecule has 2 heterocycles. The second-order valence-electron chi connectivity index (χ2n) is 9.72. The van der Waals surface area contributed by atoms with Crippen LogP contribution in [0.25, 0.3) is 0 Å². The molecule has 0 saturated heterocycles. The molecule has 196 valence electrons. The first-order valence-corrected chi connectivity index (χ1v) is 12.9. The Balaban J connectivity index is 1.92. The quantitative estimate of drug-likeness (QED) is 0.415. The summed E-state index contributed by atoms with van der Waals surface area (Å²) in [6.45, 7) is 6.61. The molecule has 37 heavy (non-hydrogen) atoms. The number of aliphatic carboxylic acids is 1. The molecule has 7 nitrogen and oxygen atoms in total. The van der Waals surface area contributed by atoms with E-state index in [1.54, 1.807) is 12.1 Å². The maximum Gasteiger partial charge on any atom is 0.433 e. The fourth-order valence-corrected chi connectivity index (χ4v) is 5.42. The lowest BCUT2D eigenvalue weighted by Crippen LogP contribution is -2.32. The van der Waals surface area contributed by atoms with Crippen LogP contribution in [0.4, 0.5) is 30.4 Å². The number of rotatable bonds is 5. The Labute approximate surface area is 213 Å². The third kappa shape index (κ3) is 4.87. The number of carboxylic acid groups (broad SMARTS) is 1. The predicted octanol–water partition coefficient (Wildman–Crippen LogP) is 6.04. The summed E-state index contributed by atoms with van der Waals surface area (Å²) in [7, 11) is -4.21. The van der Waals surface area contributed by atoms with Gasteiger partial charge in [0, 0.05) is 5.56 Å². The van der Waals surface area contributed by atoms with Crippen LogP contribution in [-0.4, -0.2) is 24.5 Å². The van der Waals surface area contributed by atoms with Crippen LogP contribution in [0, 0.1) is 0 Å². The standard InChI is InChI=1S/C26H26F3N3O4S/c1-15(2)16-5-9-19(10-6-16)37(35,36)32-14-17-7-12-22(26(27,28)29)31-23(17)30-20-11-8-18(13-21(20)32)25(3,4)24(33)34/h5-13,15H,14H2,1-4H3,(H,30,31)(H,33,34). The molecule has 3 aromatic rings. The smallest absolute Gasteiger partial charge is 0.433 e. The lowest BCUT2D eigenvalue weighted by Gasteiger charge is -2.27. The molecule has 0 aliphatic carbocycles. The van der Waals surface area contributed by atoms with Gasteiger partial charge < -0.3 is 10.4 Å². The Kier molecular flexibility index (Phi) is 6.48. The van der Waals surface area contributed by atoms with E-state index in [1.807, 2.05) is 13.8 Å². The summed E-state index contributed by atoms with van der Waals surface area (Å²) in [6, 6.07) is 12.8. The normalized spacial score (nSPS) is 14.0. The van der Waals surface area contributed by atoms with Gasteiger partial charge in [0.25, 0.3) is 10.0 Å².